The molecule has 0 atom stereocenters. The highest BCUT2D eigenvalue weighted by Gasteiger charge is 2.14. The van der Waals surface area contributed by atoms with Crippen molar-refractivity contribution in [2.75, 3.05) is 25.3 Å². The van der Waals surface area contributed by atoms with Crippen LogP contribution >= 0.6 is 0 Å². The van der Waals surface area contributed by atoms with Crippen molar-refractivity contribution < 1.29 is 4.74 Å². The molecule has 0 aliphatic carbocycles. The van der Waals surface area contributed by atoms with E-state index >= 15 is 0 Å². The van der Waals surface area contributed by atoms with Gasteiger partial charge in [0.05, 0.1) is 31.2 Å². The first kappa shape index (κ1) is 18.2. The van der Waals surface area contributed by atoms with Crippen molar-refractivity contribution in [3.8, 4) is 5.75 Å². The minimum Gasteiger partial charge on any atom is -0.494 e. The summed E-state index contributed by atoms with van der Waals surface area (Å²) in [6, 6.07) is 16.3. The molecule has 0 saturated carbocycles. The van der Waals surface area contributed by atoms with E-state index in [-0.39, 0.29) is 0 Å². The highest BCUT2D eigenvalue weighted by atomic mass is 16.5. The van der Waals surface area contributed by atoms with E-state index in [1.54, 1.807) is 0 Å². The number of nitrogens with one attached hydrogen (secondary N) is 2. The molecule has 0 saturated heterocycles. The summed E-state index contributed by atoms with van der Waals surface area (Å²) in [6.07, 6.45) is 0. The van der Waals surface area contributed by atoms with Crippen LogP contribution in [-0.2, 0) is 6.54 Å². The van der Waals surface area contributed by atoms with E-state index in [4.69, 9.17) is 4.74 Å². The average molecular weight is 376 g/mol. The van der Waals surface area contributed by atoms with Gasteiger partial charge in [0.1, 0.15) is 5.75 Å². The molecule has 7 nitrogen and oxygen atoms in total. The number of ether oxygens (including phenoxy) is 1. The summed E-state index contributed by atoms with van der Waals surface area (Å²) in [7, 11) is 0. The normalized spacial score (nSPS) is 14.4. The van der Waals surface area contributed by atoms with Gasteiger partial charge in [0.15, 0.2) is 0 Å². The number of hydrogen-bond donors (Lipinski definition) is 2. The molecule has 1 aliphatic rings. The SMILES string of the molecule is CCOc1ccc2nc(NC3=NCN(Cc4ccccc4)CN3)nc(C)c2c1. The Morgan fingerprint density at radius 2 is 2.00 bits per heavy atom. The Labute approximate surface area is 164 Å². The zero-order chi connectivity index (χ0) is 19.3. The first-order valence-electron chi connectivity index (χ1n) is 9.44. The molecule has 0 radical (unpaired) electrons. The van der Waals surface area contributed by atoms with Crippen molar-refractivity contribution in [3.63, 3.8) is 0 Å². The van der Waals surface area contributed by atoms with Crippen LogP contribution in [0, 0.1) is 6.92 Å². The van der Waals surface area contributed by atoms with Gasteiger partial charge in [-0.3, -0.25) is 10.2 Å². The summed E-state index contributed by atoms with van der Waals surface area (Å²) < 4.78 is 5.57. The van der Waals surface area contributed by atoms with Crippen LogP contribution in [0.2, 0.25) is 0 Å². The summed E-state index contributed by atoms with van der Waals surface area (Å²) in [5, 5.41) is 7.48. The summed E-state index contributed by atoms with van der Waals surface area (Å²) in [5.74, 6) is 2.06. The van der Waals surface area contributed by atoms with Crippen LogP contribution < -0.4 is 15.4 Å². The van der Waals surface area contributed by atoms with E-state index in [9.17, 15) is 0 Å². The van der Waals surface area contributed by atoms with Gasteiger partial charge in [-0.25, -0.2) is 15.0 Å². The van der Waals surface area contributed by atoms with E-state index in [0.717, 1.165) is 28.9 Å². The number of hydrogen-bond acceptors (Lipinski definition) is 7. The van der Waals surface area contributed by atoms with Crippen LogP contribution in [0.1, 0.15) is 18.2 Å². The summed E-state index contributed by atoms with van der Waals surface area (Å²) in [6.45, 7) is 6.78. The van der Waals surface area contributed by atoms with Gasteiger partial charge in [-0.15, -0.1) is 0 Å². The predicted octanol–water partition coefficient (Wildman–Crippen LogP) is 3.13. The molecule has 0 bridgehead atoms. The molecular weight excluding hydrogens is 352 g/mol. The van der Waals surface area contributed by atoms with Gasteiger partial charge < -0.3 is 10.1 Å². The maximum atomic E-state index is 5.57. The molecule has 144 valence electrons. The van der Waals surface area contributed by atoms with Gasteiger partial charge in [0.25, 0.3) is 0 Å². The molecule has 1 aliphatic heterocycles. The Hall–Kier alpha value is -3.19. The molecule has 1 aromatic heterocycles. The quantitative estimate of drug-likeness (QED) is 0.713. The van der Waals surface area contributed by atoms with Crippen molar-refractivity contribution in [2.24, 2.45) is 4.99 Å². The van der Waals surface area contributed by atoms with Crippen LogP contribution in [0.4, 0.5) is 5.95 Å². The highest BCUT2D eigenvalue weighted by Crippen LogP contribution is 2.23. The number of rotatable bonds is 5. The standard InChI is InChI=1S/C21H24N6O/c1-3-28-17-9-10-19-18(11-17)15(2)24-21(25-19)26-20-22-13-27(14-23-20)12-16-7-5-4-6-8-16/h4-11H,3,12-14H2,1-2H3,(H2,22,23,24,25,26). The lowest BCUT2D eigenvalue weighted by atomic mass is 10.2. The maximum Gasteiger partial charge on any atom is 0.230 e. The Bertz CT molecular complexity index is 989. The third-order valence-electron chi connectivity index (χ3n) is 4.55. The molecule has 2 aromatic carbocycles. The second-order valence-electron chi connectivity index (χ2n) is 6.67. The lowest BCUT2D eigenvalue weighted by molar-refractivity contribution is 0.256. The summed E-state index contributed by atoms with van der Waals surface area (Å²) >= 11 is 0. The number of benzene rings is 2. The molecule has 2 N–H and O–H groups in total. The second kappa shape index (κ2) is 8.22. The molecule has 0 fully saturated rings. The first-order chi connectivity index (χ1) is 13.7. The fourth-order valence-electron chi connectivity index (χ4n) is 3.17. The van der Waals surface area contributed by atoms with Gasteiger partial charge in [-0.2, -0.15) is 0 Å². The number of nitrogens with zero attached hydrogens (tertiary/aromatic N) is 4. The molecular formula is C21H24N6O. The summed E-state index contributed by atoms with van der Waals surface area (Å²) in [4.78, 5) is 16.0. The second-order valence-corrected chi connectivity index (χ2v) is 6.67. The zero-order valence-corrected chi connectivity index (χ0v) is 16.1. The molecule has 0 unspecified atom stereocenters. The number of guanidine groups is 1. The van der Waals surface area contributed by atoms with Crippen LogP contribution in [0.25, 0.3) is 10.9 Å². The first-order valence-corrected chi connectivity index (χ1v) is 9.44. The highest BCUT2D eigenvalue weighted by molar-refractivity contribution is 5.93. The number of aryl methyl sites for hydroxylation is 1. The van der Waals surface area contributed by atoms with Crippen molar-refractivity contribution in [1.29, 1.82) is 0 Å². The van der Waals surface area contributed by atoms with Gasteiger partial charge >= 0.3 is 0 Å². The number of aromatic nitrogens is 2. The van der Waals surface area contributed by atoms with E-state index in [2.05, 4.69) is 54.8 Å². The Morgan fingerprint density at radius 1 is 1.14 bits per heavy atom. The van der Waals surface area contributed by atoms with Crippen molar-refractivity contribution in [1.82, 2.24) is 20.2 Å². The maximum absolute atomic E-state index is 5.57. The average Bonchev–Trinajstić information content (AvgIpc) is 2.71. The largest absolute Gasteiger partial charge is 0.494 e. The van der Waals surface area contributed by atoms with Gasteiger partial charge in [0, 0.05) is 11.9 Å². The smallest absolute Gasteiger partial charge is 0.230 e. The number of fused-ring (bicyclic) bond motifs is 1. The molecule has 28 heavy (non-hydrogen) atoms. The number of anilines is 1. The number of aliphatic imine (C=N–C) groups is 1. The molecule has 0 amide bonds. The predicted molar refractivity (Wildman–Crippen MR) is 111 cm³/mol. The van der Waals surface area contributed by atoms with Crippen LogP contribution in [0.15, 0.2) is 53.5 Å². The van der Waals surface area contributed by atoms with Crippen LogP contribution in [0.3, 0.4) is 0 Å². The molecule has 4 rings (SSSR count). The Morgan fingerprint density at radius 3 is 2.75 bits per heavy atom. The van der Waals surface area contributed by atoms with Gasteiger partial charge in [0.2, 0.25) is 11.9 Å². The topological polar surface area (TPSA) is 74.7 Å². The third-order valence-corrected chi connectivity index (χ3v) is 4.55. The molecule has 0 spiro atoms. The Kier molecular flexibility index (Phi) is 5.34. The van der Waals surface area contributed by atoms with E-state index in [1.165, 1.54) is 5.56 Å². The van der Waals surface area contributed by atoms with Gasteiger partial charge in [-0.1, -0.05) is 30.3 Å². The lowest BCUT2D eigenvalue weighted by Gasteiger charge is -2.26. The van der Waals surface area contributed by atoms with E-state index < -0.39 is 0 Å². The molecule has 7 heteroatoms. The molecule has 3 aromatic rings. The van der Waals surface area contributed by atoms with Crippen molar-refractivity contribution >= 4 is 22.8 Å². The Balaban J connectivity index is 1.44. The fraction of sp³-hybridized carbons (Fsp3) is 0.286. The summed E-state index contributed by atoms with van der Waals surface area (Å²) in [5.41, 5.74) is 3.05. The minimum absolute atomic E-state index is 0.539. The van der Waals surface area contributed by atoms with Gasteiger partial charge in [-0.05, 0) is 37.6 Å². The van der Waals surface area contributed by atoms with Crippen molar-refractivity contribution in [3.05, 3.63) is 59.8 Å². The van der Waals surface area contributed by atoms with Crippen molar-refractivity contribution in [2.45, 2.75) is 20.4 Å². The van der Waals surface area contributed by atoms with E-state index in [0.29, 0.717) is 31.9 Å². The zero-order valence-electron chi connectivity index (χ0n) is 16.1. The van der Waals surface area contributed by atoms with Crippen LogP contribution in [0.5, 0.6) is 5.75 Å². The van der Waals surface area contributed by atoms with E-state index in [1.807, 2.05) is 38.1 Å². The monoisotopic (exact) mass is 376 g/mol. The fourth-order valence-corrected chi connectivity index (χ4v) is 3.17. The van der Waals surface area contributed by atoms with Crippen LogP contribution in [-0.4, -0.2) is 40.8 Å². The lowest BCUT2D eigenvalue weighted by Crippen LogP contribution is -2.45. The minimum atomic E-state index is 0.539. The molecule has 2 heterocycles. The third kappa shape index (κ3) is 4.20.